The molecule has 0 aliphatic carbocycles. The third-order valence-corrected chi connectivity index (χ3v) is 6.57. The van der Waals surface area contributed by atoms with Gasteiger partial charge in [-0.25, -0.2) is 8.42 Å². The number of hydrogen-bond donors (Lipinski definition) is 1. The maximum absolute atomic E-state index is 13.1. The predicted octanol–water partition coefficient (Wildman–Crippen LogP) is 3.01. The van der Waals surface area contributed by atoms with Crippen LogP contribution in [0.5, 0.6) is 0 Å². The second kappa shape index (κ2) is 11.1. The van der Waals surface area contributed by atoms with E-state index in [0.717, 1.165) is 16.7 Å². The van der Waals surface area contributed by atoms with Crippen molar-refractivity contribution in [2.24, 2.45) is 0 Å². The number of para-hydroxylation sites is 1. The number of nitrogens with zero attached hydrogens (tertiary/aromatic N) is 2. The fourth-order valence-electron chi connectivity index (χ4n) is 3.62. The van der Waals surface area contributed by atoms with Gasteiger partial charge in [0, 0.05) is 26.6 Å². The van der Waals surface area contributed by atoms with Gasteiger partial charge in [-0.05, 0) is 44.4 Å². The number of nitrogens with one attached hydrogen (secondary N) is 1. The maximum atomic E-state index is 13.1. The lowest BCUT2D eigenvalue weighted by molar-refractivity contribution is -0.140. The van der Waals surface area contributed by atoms with Gasteiger partial charge in [0.15, 0.2) is 0 Å². The van der Waals surface area contributed by atoms with E-state index in [0.29, 0.717) is 18.7 Å². The lowest BCUT2D eigenvalue weighted by atomic mass is 10.1. The molecule has 2 rings (SSSR count). The van der Waals surface area contributed by atoms with Gasteiger partial charge in [0.1, 0.15) is 6.04 Å². The molecule has 0 heterocycles. The first-order valence-corrected chi connectivity index (χ1v) is 12.5. The van der Waals surface area contributed by atoms with Crippen LogP contribution in [0.4, 0.5) is 5.69 Å². The number of carbonyl (C=O) groups is 2. The van der Waals surface area contributed by atoms with Crippen molar-refractivity contribution in [1.82, 2.24) is 10.2 Å². The molecule has 1 atom stereocenters. The third-order valence-electron chi connectivity index (χ3n) is 5.39. The van der Waals surface area contributed by atoms with E-state index in [4.69, 9.17) is 0 Å². The van der Waals surface area contributed by atoms with Gasteiger partial charge in [0.25, 0.3) is 0 Å². The Hall–Kier alpha value is -2.87. The highest BCUT2D eigenvalue weighted by molar-refractivity contribution is 7.92. The molecule has 0 aliphatic rings. The topological polar surface area (TPSA) is 86.8 Å². The first-order chi connectivity index (χ1) is 15.0. The second-order valence-electron chi connectivity index (χ2n) is 8.03. The normalized spacial score (nSPS) is 12.2. The summed E-state index contributed by atoms with van der Waals surface area (Å²) in [5.41, 5.74) is 3.47. The van der Waals surface area contributed by atoms with Gasteiger partial charge in [-0.1, -0.05) is 48.0 Å². The molecular formula is C24H33N3O4S. The zero-order valence-electron chi connectivity index (χ0n) is 19.5. The molecule has 1 N–H and O–H groups in total. The largest absolute Gasteiger partial charge is 0.357 e. The molecule has 2 amide bonds. The van der Waals surface area contributed by atoms with Crippen molar-refractivity contribution in [2.45, 2.75) is 46.2 Å². The van der Waals surface area contributed by atoms with Crippen molar-refractivity contribution in [3.63, 3.8) is 0 Å². The van der Waals surface area contributed by atoms with Crippen LogP contribution in [0.1, 0.15) is 36.5 Å². The van der Waals surface area contributed by atoms with Crippen molar-refractivity contribution in [3.05, 3.63) is 65.2 Å². The number of benzene rings is 2. The van der Waals surface area contributed by atoms with Crippen molar-refractivity contribution in [2.75, 3.05) is 24.2 Å². The fourth-order valence-corrected chi connectivity index (χ4v) is 4.65. The summed E-state index contributed by atoms with van der Waals surface area (Å²) in [7, 11) is -1.96. The molecule has 0 radical (unpaired) electrons. The van der Waals surface area contributed by atoms with Crippen LogP contribution in [0, 0.1) is 13.8 Å². The summed E-state index contributed by atoms with van der Waals surface area (Å²) in [4.78, 5) is 26.9. The smallest absolute Gasteiger partial charge is 0.242 e. The molecule has 0 bridgehead atoms. The molecule has 0 aromatic heterocycles. The monoisotopic (exact) mass is 459 g/mol. The van der Waals surface area contributed by atoms with Crippen LogP contribution in [-0.2, 0) is 26.2 Å². The molecule has 0 saturated carbocycles. The molecule has 7 nitrogen and oxygen atoms in total. The molecule has 174 valence electrons. The van der Waals surface area contributed by atoms with E-state index in [2.05, 4.69) is 5.32 Å². The molecule has 8 heteroatoms. The molecule has 0 saturated heterocycles. The summed E-state index contributed by atoms with van der Waals surface area (Å²) in [5, 5.41) is 2.60. The van der Waals surface area contributed by atoms with Gasteiger partial charge in [0.2, 0.25) is 21.8 Å². The first-order valence-electron chi connectivity index (χ1n) is 10.6. The van der Waals surface area contributed by atoms with E-state index in [1.54, 1.807) is 31.0 Å². The number of rotatable bonds is 10. The summed E-state index contributed by atoms with van der Waals surface area (Å²) in [5.74, 6) is -0.440. The van der Waals surface area contributed by atoms with E-state index < -0.39 is 16.1 Å². The third kappa shape index (κ3) is 6.82. The molecule has 2 aromatic rings. The Morgan fingerprint density at radius 1 is 1.06 bits per heavy atom. The SMILES string of the molecule is CNC(=O)[C@H](C)N(Cc1cccc(C)c1)C(=O)CCCN(c1ccccc1C)S(C)(=O)=O. The molecular weight excluding hydrogens is 426 g/mol. The molecule has 0 spiro atoms. The fraction of sp³-hybridized carbons (Fsp3) is 0.417. The van der Waals surface area contributed by atoms with E-state index in [-0.39, 0.29) is 24.8 Å². The quantitative estimate of drug-likeness (QED) is 0.592. The van der Waals surface area contributed by atoms with Crippen LogP contribution in [0.3, 0.4) is 0 Å². The van der Waals surface area contributed by atoms with Gasteiger partial charge < -0.3 is 10.2 Å². The Morgan fingerprint density at radius 2 is 1.75 bits per heavy atom. The van der Waals surface area contributed by atoms with E-state index in [1.165, 1.54) is 10.6 Å². The Labute approximate surface area is 191 Å². The first kappa shape index (κ1) is 25.4. The Morgan fingerprint density at radius 3 is 2.34 bits per heavy atom. The van der Waals surface area contributed by atoms with Gasteiger partial charge in [-0.2, -0.15) is 0 Å². The van der Waals surface area contributed by atoms with Crippen LogP contribution in [0.15, 0.2) is 48.5 Å². The second-order valence-corrected chi connectivity index (χ2v) is 9.93. The van der Waals surface area contributed by atoms with Crippen LogP contribution < -0.4 is 9.62 Å². The number of hydrogen-bond acceptors (Lipinski definition) is 4. The lowest BCUT2D eigenvalue weighted by Gasteiger charge is -2.29. The number of carbonyl (C=O) groups excluding carboxylic acids is 2. The van der Waals surface area contributed by atoms with Crippen molar-refractivity contribution < 1.29 is 18.0 Å². The number of aryl methyl sites for hydroxylation is 2. The molecule has 0 fully saturated rings. The van der Waals surface area contributed by atoms with Crippen molar-refractivity contribution >= 4 is 27.5 Å². The standard InChI is InChI=1S/C24H33N3O4S/c1-18-10-8-12-21(16-18)17-26(20(3)24(29)25-4)23(28)14-9-15-27(32(5,30)31)22-13-7-6-11-19(22)2/h6-8,10-13,16,20H,9,14-15,17H2,1-5H3,(H,25,29)/t20-/m0/s1. The summed E-state index contributed by atoms with van der Waals surface area (Å²) in [6.07, 6.45) is 1.63. The van der Waals surface area contributed by atoms with Gasteiger partial charge in [0.05, 0.1) is 11.9 Å². The number of amides is 2. The van der Waals surface area contributed by atoms with Crippen LogP contribution in [-0.4, -0.2) is 51.0 Å². The number of likely N-dealkylation sites (N-methyl/N-ethyl adjacent to an activating group) is 1. The van der Waals surface area contributed by atoms with Crippen molar-refractivity contribution in [1.29, 1.82) is 0 Å². The Kier molecular flexibility index (Phi) is 8.83. The Balaban J connectivity index is 2.15. The van der Waals surface area contributed by atoms with Gasteiger partial charge in [-0.15, -0.1) is 0 Å². The van der Waals surface area contributed by atoms with E-state index in [1.807, 2.05) is 50.2 Å². The predicted molar refractivity (Wildman–Crippen MR) is 128 cm³/mol. The van der Waals surface area contributed by atoms with Crippen LogP contribution >= 0.6 is 0 Å². The molecule has 0 unspecified atom stereocenters. The van der Waals surface area contributed by atoms with E-state index >= 15 is 0 Å². The molecule has 32 heavy (non-hydrogen) atoms. The average Bonchev–Trinajstić information content (AvgIpc) is 2.74. The zero-order valence-corrected chi connectivity index (χ0v) is 20.3. The average molecular weight is 460 g/mol. The summed E-state index contributed by atoms with van der Waals surface area (Å²) >= 11 is 0. The minimum atomic E-state index is -3.50. The minimum absolute atomic E-state index is 0.130. The lowest BCUT2D eigenvalue weighted by Crippen LogP contribution is -2.46. The number of anilines is 1. The maximum Gasteiger partial charge on any atom is 0.242 e. The molecule has 2 aromatic carbocycles. The minimum Gasteiger partial charge on any atom is -0.357 e. The summed E-state index contributed by atoms with van der Waals surface area (Å²) in [6, 6.07) is 14.4. The van der Waals surface area contributed by atoms with E-state index in [9.17, 15) is 18.0 Å². The number of sulfonamides is 1. The van der Waals surface area contributed by atoms with Crippen molar-refractivity contribution in [3.8, 4) is 0 Å². The molecule has 0 aliphatic heterocycles. The van der Waals surface area contributed by atoms with Crippen LogP contribution in [0.25, 0.3) is 0 Å². The van der Waals surface area contributed by atoms with Crippen LogP contribution in [0.2, 0.25) is 0 Å². The summed E-state index contributed by atoms with van der Waals surface area (Å²) in [6.45, 7) is 6.02. The highest BCUT2D eigenvalue weighted by Gasteiger charge is 2.26. The summed E-state index contributed by atoms with van der Waals surface area (Å²) < 4.78 is 26.1. The zero-order chi connectivity index (χ0) is 23.9. The van der Waals surface area contributed by atoms with Gasteiger partial charge in [-0.3, -0.25) is 13.9 Å². The highest BCUT2D eigenvalue weighted by Crippen LogP contribution is 2.23. The Bertz CT molecular complexity index is 1050. The van der Waals surface area contributed by atoms with Gasteiger partial charge >= 0.3 is 0 Å². The highest BCUT2D eigenvalue weighted by atomic mass is 32.2.